The zero-order chi connectivity index (χ0) is 13.8. The number of carbonyl (C=O) groups is 1. The number of halogens is 1. The van der Waals surface area contributed by atoms with Crippen LogP contribution in [0.2, 0.25) is 0 Å². The van der Waals surface area contributed by atoms with Gasteiger partial charge in [-0.3, -0.25) is 0 Å². The molecule has 0 amide bonds. The number of nitrogens with zero attached hydrogens (tertiary/aromatic N) is 2. The lowest BCUT2D eigenvalue weighted by Crippen LogP contribution is -2.42. The number of hydrogen-bond donors (Lipinski definition) is 2. The van der Waals surface area contributed by atoms with Crippen molar-refractivity contribution >= 4 is 11.8 Å². The Morgan fingerprint density at radius 1 is 1.53 bits per heavy atom. The second-order valence-electron chi connectivity index (χ2n) is 4.69. The highest BCUT2D eigenvalue weighted by molar-refractivity contribution is 5.93. The molecular weight excluding hydrogens is 251 g/mol. The first-order valence-corrected chi connectivity index (χ1v) is 6.40. The minimum Gasteiger partial charge on any atom is -0.478 e. The van der Waals surface area contributed by atoms with E-state index in [2.05, 4.69) is 4.98 Å². The highest BCUT2D eigenvalue weighted by Gasteiger charge is 2.28. The third-order valence-corrected chi connectivity index (χ3v) is 3.41. The fourth-order valence-corrected chi connectivity index (χ4v) is 2.22. The molecule has 0 spiro atoms. The van der Waals surface area contributed by atoms with Crippen molar-refractivity contribution in [1.82, 2.24) is 4.98 Å². The third kappa shape index (κ3) is 3.01. The van der Waals surface area contributed by atoms with Crippen LogP contribution in [0.3, 0.4) is 0 Å². The maximum atomic E-state index is 13.1. The SMILES string of the molecule is O=C(O)c1cc(F)cnc1N(CCCO)C1CCC1. The van der Waals surface area contributed by atoms with E-state index >= 15 is 0 Å². The first-order chi connectivity index (χ1) is 9.13. The van der Waals surface area contributed by atoms with Crippen molar-refractivity contribution in [3.63, 3.8) is 0 Å². The molecule has 1 aromatic heterocycles. The van der Waals surface area contributed by atoms with Crippen LogP contribution in [-0.4, -0.2) is 40.4 Å². The van der Waals surface area contributed by atoms with E-state index < -0.39 is 11.8 Å². The second-order valence-corrected chi connectivity index (χ2v) is 4.69. The lowest BCUT2D eigenvalue weighted by Gasteiger charge is -2.39. The number of carboxylic acids is 1. The zero-order valence-electron chi connectivity index (χ0n) is 10.5. The van der Waals surface area contributed by atoms with Gasteiger partial charge in [-0.15, -0.1) is 0 Å². The van der Waals surface area contributed by atoms with Crippen LogP contribution < -0.4 is 4.90 Å². The highest BCUT2D eigenvalue weighted by atomic mass is 19.1. The second kappa shape index (κ2) is 5.97. The van der Waals surface area contributed by atoms with E-state index in [9.17, 15) is 9.18 Å². The van der Waals surface area contributed by atoms with Gasteiger partial charge in [0.25, 0.3) is 0 Å². The van der Waals surface area contributed by atoms with Crippen LogP contribution in [0.15, 0.2) is 12.3 Å². The summed E-state index contributed by atoms with van der Waals surface area (Å²) in [6.07, 6.45) is 4.62. The molecule has 2 N–H and O–H groups in total. The van der Waals surface area contributed by atoms with Crippen molar-refractivity contribution in [2.24, 2.45) is 0 Å². The standard InChI is InChI=1S/C13H17FN2O3/c14-9-7-11(13(18)19)12(15-8-9)16(5-2-6-17)10-3-1-4-10/h7-8,10,17H,1-6H2,(H,18,19). The molecule has 1 aromatic rings. The van der Waals surface area contributed by atoms with Crippen LogP contribution in [0, 0.1) is 5.82 Å². The molecule has 1 heterocycles. The van der Waals surface area contributed by atoms with Gasteiger partial charge >= 0.3 is 5.97 Å². The minimum atomic E-state index is -1.18. The van der Waals surface area contributed by atoms with Crippen molar-refractivity contribution in [2.45, 2.75) is 31.7 Å². The predicted octanol–water partition coefficient (Wildman–Crippen LogP) is 1.66. The number of anilines is 1. The molecular formula is C13H17FN2O3. The number of aliphatic hydroxyl groups is 1. The molecule has 5 nitrogen and oxygen atoms in total. The summed E-state index contributed by atoms with van der Waals surface area (Å²) in [6, 6.07) is 1.23. The summed E-state index contributed by atoms with van der Waals surface area (Å²) in [5.74, 6) is -1.54. The molecule has 0 aromatic carbocycles. The maximum absolute atomic E-state index is 13.1. The smallest absolute Gasteiger partial charge is 0.339 e. The van der Waals surface area contributed by atoms with Gasteiger partial charge in [-0.1, -0.05) is 0 Å². The van der Waals surface area contributed by atoms with Crippen LogP contribution in [0.5, 0.6) is 0 Å². The summed E-state index contributed by atoms with van der Waals surface area (Å²) in [5, 5.41) is 18.1. The maximum Gasteiger partial charge on any atom is 0.339 e. The number of aliphatic hydroxyl groups excluding tert-OH is 1. The summed E-state index contributed by atoms with van der Waals surface area (Å²) >= 11 is 0. The van der Waals surface area contributed by atoms with Gasteiger partial charge in [0.15, 0.2) is 0 Å². The largest absolute Gasteiger partial charge is 0.478 e. The quantitative estimate of drug-likeness (QED) is 0.820. The van der Waals surface area contributed by atoms with Crippen LogP contribution in [0.25, 0.3) is 0 Å². The fraction of sp³-hybridized carbons (Fsp3) is 0.538. The molecule has 0 saturated heterocycles. The van der Waals surface area contributed by atoms with Gasteiger partial charge in [0.2, 0.25) is 0 Å². The Labute approximate surface area is 110 Å². The Balaban J connectivity index is 2.31. The summed E-state index contributed by atoms with van der Waals surface area (Å²) in [7, 11) is 0. The van der Waals surface area contributed by atoms with Gasteiger partial charge in [0.1, 0.15) is 17.2 Å². The lowest BCUT2D eigenvalue weighted by atomic mass is 9.91. The lowest BCUT2D eigenvalue weighted by molar-refractivity contribution is 0.0696. The molecule has 0 radical (unpaired) electrons. The molecule has 19 heavy (non-hydrogen) atoms. The molecule has 2 rings (SSSR count). The van der Waals surface area contributed by atoms with Gasteiger partial charge in [0, 0.05) is 19.2 Å². The van der Waals surface area contributed by atoms with E-state index in [4.69, 9.17) is 10.2 Å². The average Bonchev–Trinajstić information content (AvgIpc) is 2.32. The molecule has 0 bridgehead atoms. The van der Waals surface area contributed by atoms with Crippen molar-refractivity contribution in [1.29, 1.82) is 0 Å². The molecule has 104 valence electrons. The molecule has 0 atom stereocenters. The highest BCUT2D eigenvalue weighted by Crippen LogP contribution is 2.30. The Morgan fingerprint density at radius 2 is 2.26 bits per heavy atom. The Morgan fingerprint density at radius 3 is 2.79 bits per heavy atom. The number of pyridine rings is 1. The summed E-state index contributed by atoms with van der Waals surface area (Å²) in [5.41, 5.74) is -0.121. The molecule has 1 fully saturated rings. The number of hydrogen-bond acceptors (Lipinski definition) is 4. The van der Waals surface area contributed by atoms with Crippen molar-refractivity contribution in [3.05, 3.63) is 23.6 Å². The van der Waals surface area contributed by atoms with E-state index in [1.54, 1.807) is 0 Å². The predicted molar refractivity (Wildman–Crippen MR) is 67.8 cm³/mol. The zero-order valence-corrected chi connectivity index (χ0v) is 10.5. The Bertz CT molecular complexity index is 463. The molecule has 1 aliphatic rings. The number of aromatic nitrogens is 1. The van der Waals surface area contributed by atoms with E-state index in [1.165, 1.54) is 0 Å². The van der Waals surface area contributed by atoms with E-state index in [0.717, 1.165) is 31.5 Å². The Kier molecular flexibility index (Phi) is 4.31. The summed E-state index contributed by atoms with van der Waals surface area (Å²) in [6.45, 7) is 0.562. The van der Waals surface area contributed by atoms with Crippen molar-refractivity contribution in [3.8, 4) is 0 Å². The topological polar surface area (TPSA) is 73.7 Å². The first-order valence-electron chi connectivity index (χ1n) is 6.40. The van der Waals surface area contributed by atoms with E-state index in [0.29, 0.717) is 18.8 Å². The minimum absolute atomic E-state index is 0.0345. The van der Waals surface area contributed by atoms with Gasteiger partial charge in [-0.2, -0.15) is 0 Å². The number of carboxylic acid groups (broad SMARTS) is 1. The molecule has 1 saturated carbocycles. The van der Waals surface area contributed by atoms with Crippen LogP contribution in [0.4, 0.5) is 10.2 Å². The van der Waals surface area contributed by atoms with Crippen molar-refractivity contribution < 1.29 is 19.4 Å². The van der Waals surface area contributed by atoms with Crippen molar-refractivity contribution in [2.75, 3.05) is 18.1 Å². The van der Waals surface area contributed by atoms with E-state index in [1.807, 2.05) is 4.90 Å². The summed E-state index contributed by atoms with van der Waals surface area (Å²) < 4.78 is 13.1. The van der Waals surface area contributed by atoms with Gasteiger partial charge in [0.05, 0.1) is 6.20 Å². The number of rotatable bonds is 6. The molecule has 6 heteroatoms. The average molecular weight is 268 g/mol. The first kappa shape index (κ1) is 13.7. The Hall–Kier alpha value is -1.69. The number of aromatic carboxylic acids is 1. The summed E-state index contributed by atoms with van der Waals surface area (Å²) in [4.78, 5) is 17.0. The van der Waals surface area contributed by atoms with E-state index in [-0.39, 0.29) is 18.2 Å². The van der Waals surface area contributed by atoms with Crippen LogP contribution >= 0.6 is 0 Å². The fourth-order valence-electron chi connectivity index (χ4n) is 2.22. The van der Waals surface area contributed by atoms with Crippen LogP contribution in [-0.2, 0) is 0 Å². The van der Waals surface area contributed by atoms with Gasteiger partial charge in [-0.25, -0.2) is 14.2 Å². The van der Waals surface area contributed by atoms with Gasteiger partial charge < -0.3 is 15.1 Å². The molecule has 0 unspecified atom stereocenters. The molecule has 1 aliphatic carbocycles. The van der Waals surface area contributed by atoms with Gasteiger partial charge in [-0.05, 0) is 31.7 Å². The van der Waals surface area contributed by atoms with Crippen LogP contribution in [0.1, 0.15) is 36.0 Å². The normalized spacial score (nSPS) is 15.1. The monoisotopic (exact) mass is 268 g/mol. The molecule has 0 aliphatic heterocycles. The third-order valence-electron chi connectivity index (χ3n) is 3.41.